The van der Waals surface area contributed by atoms with E-state index in [1.165, 1.54) is 6.07 Å². The van der Waals surface area contributed by atoms with Gasteiger partial charge >= 0.3 is 6.18 Å². The Morgan fingerprint density at radius 1 is 1.15 bits per heavy atom. The first-order chi connectivity index (χ1) is 19.2. The summed E-state index contributed by atoms with van der Waals surface area (Å²) in [7, 11) is 0. The molecular formula is C30H36F3N5O2S. The number of piperazine rings is 1. The van der Waals surface area contributed by atoms with Crippen LogP contribution in [-0.2, 0) is 17.4 Å². The van der Waals surface area contributed by atoms with Crippen molar-refractivity contribution in [1.82, 2.24) is 10.2 Å². The Labute approximate surface area is 244 Å². The van der Waals surface area contributed by atoms with Crippen molar-refractivity contribution in [2.75, 3.05) is 29.5 Å². The molecule has 11 heteroatoms. The molecule has 220 valence electrons. The molecule has 0 spiro atoms. The molecule has 7 nitrogen and oxygen atoms in total. The van der Waals surface area contributed by atoms with Crippen LogP contribution < -0.4 is 19.9 Å². The second kappa shape index (κ2) is 11.6. The highest BCUT2D eigenvalue weighted by molar-refractivity contribution is 7.81. The summed E-state index contributed by atoms with van der Waals surface area (Å²) in [5, 5.41) is 12.8. The number of anilines is 2. The van der Waals surface area contributed by atoms with Crippen molar-refractivity contribution >= 4 is 34.6 Å². The number of nitrogens with zero attached hydrogens (tertiary/aromatic N) is 4. The Kier molecular flexibility index (Phi) is 8.69. The van der Waals surface area contributed by atoms with Crippen molar-refractivity contribution in [3.05, 3.63) is 53.1 Å². The first-order valence-corrected chi connectivity index (χ1v) is 14.2. The second-order valence-electron chi connectivity index (χ2n) is 11.4. The largest absolute Gasteiger partial charge is 0.492 e. The summed E-state index contributed by atoms with van der Waals surface area (Å²) < 4.78 is 47.2. The van der Waals surface area contributed by atoms with Gasteiger partial charge in [0, 0.05) is 36.9 Å². The summed E-state index contributed by atoms with van der Waals surface area (Å²) >= 11 is 5.68. The molecule has 2 aromatic carbocycles. The highest BCUT2D eigenvalue weighted by Crippen LogP contribution is 2.40. The van der Waals surface area contributed by atoms with Crippen LogP contribution in [0.5, 0.6) is 5.75 Å². The predicted molar refractivity (Wildman–Crippen MR) is 157 cm³/mol. The number of thiocarbonyl (C=S) groups is 1. The fourth-order valence-corrected chi connectivity index (χ4v) is 6.15. The Morgan fingerprint density at radius 3 is 2.37 bits per heavy atom. The van der Waals surface area contributed by atoms with E-state index in [2.05, 4.69) is 31.0 Å². The average Bonchev–Trinajstić information content (AvgIpc) is 3.08. The minimum Gasteiger partial charge on any atom is -0.492 e. The molecule has 3 atom stereocenters. The monoisotopic (exact) mass is 587 g/mol. The third-order valence-electron chi connectivity index (χ3n) is 7.73. The van der Waals surface area contributed by atoms with Gasteiger partial charge in [-0.15, -0.1) is 0 Å². The van der Waals surface area contributed by atoms with E-state index in [1.807, 2.05) is 25.1 Å². The van der Waals surface area contributed by atoms with Crippen LogP contribution >= 0.6 is 12.2 Å². The molecule has 4 rings (SSSR count). The molecule has 41 heavy (non-hydrogen) atoms. The van der Waals surface area contributed by atoms with E-state index in [1.54, 1.807) is 24.8 Å². The van der Waals surface area contributed by atoms with Crippen LogP contribution in [0.15, 0.2) is 36.4 Å². The lowest BCUT2D eigenvalue weighted by Gasteiger charge is -2.39. The van der Waals surface area contributed by atoms with Crippen LogP contribution in [0.3, 0.4) is 0 Å². The molecule has 2 aromatic rings. The molecule has 0 radical (unpaired) electrons. The Bertz CT molecular complexity index is 1360. The number of carbonyl (C=O) groups excluding carboxylic acids is 1. The van der Waals surface area contributed by atoms with E-state index in [0.717, 1.165) is 41.4 Å². The molecule has 2 heterocycles. The Hall–Kier alpha value is -3.20. The van der Waals surface area contributed by atoms with E-state index in [-0.39, 0.29) is 16.8 Å². The summed E-state index contributed by atoms with van der Waals surface area (Å²) in [5.41, 5.74) is -1.27. The maximum Gasteiger partial charge on any atom is 0.417 e. The topological polar surface area (TPSA) is 71.8 Å². The zero-order valence-electron chi connectivity index (χ0n) is 24.2. The number of nitriles is 1. The number of nitrogens with one attached hydrogen (secondary N) is 1. The molecule has 2 aliphatic rings. The van der Waals surface area contributed by atoms with Gasteiger partial charge in [0.1, 0.15) is 17.9 Å². The fraction of sp³-hybridized carbons (Fsp3) is 0.500. The number of amides is 1. The minimum absolute atomic E-state index is 0.0388. The van der Waals surface area contributed by atoms with Gasteiger partial charge in [0.25, 0.3) is 5.91 Å². The van der Waals surface area contributed by atoms with E-state index in [4.69, 9.17) is 22.2 Å². The quantitative estimate of drug-likeness (QED) is 0.429. The number of hydrogen-bond donors (Lipinski definition) is 1. The van der Waals surface area contributed by atoms with Crippen LogP contribution in [0.2, 0.25) is 0 Å². The van der Waals surface area contributed by atoms with E-state index in [0.29, 0.717) is 30.8 Å². The van der Waals surface area contributed by atoms with Gasteiger partial charge in [-0.05, 0) is 95.2 Å². The van der Waals surface area contributed by atoms with E-state index >= 15 is 0 Å². The van der Waals surface area contributed by atoms with Crippen molar-refractivity contribution in [2.45, 2.75) is 77.8 Å². The SMILES string of the molecule is CCc1cc(N2C(=S)N(c3ccc(C#N)c(C(F)(F)F)c3)C(=O)C2(C)C)ccc1OC[C@@H](C)N1C[C@@H](C)N[C@@H](C)C1. The summed E-state index contributed by atoms with van der Waals surface area (Å²) in [6.45, 7) is 14.3. The van der Waals surface area contributed by atoms with Crippen LogP contribution in [0, 0.1) is 11.3 Å². The van der Waals surface area contributed by atoms with Crippen molar-refractivity contribution in [3.8, 4) is 11.8 Å². The third-order valence-corrected chi connectivity index (χ3v) is 8.09. The van der Waals surface area contributed by atoms with Crippen LogP contribution in [0.4, 0.5) is 24.5 Å². The summed E-state index contributed by atoms with van der Waals surface area (Å²) in [4.78, 5) is 18.7. The normalized spacial score (nSPS) is 22.1. The van der Waals surface area contributed by atoms with Gasteiger partial charge in [-0.25, -0.2) is 0 Å². The Balaban J connectivity index is 1.59. The molecule has 2 aliphatic heterocycles. The van der Waals surface area contributed by atoms with Crippen molar-refractivity contribution in [3.63, 3.8) is 0 Å². The predicted octanol–water partition coefficient (Wildman–Crippen LogP) is 5.51. The lowest BCUT2D eigenvalue weighted by Crippen LogP contribution is -2.57. The average molecular weight is 588 g/mol. The van der Waals surface area contributed by atoms with Crippen molar-refractivity contribution < 1.29 is 22.7 Å². The van der Waals surface area contributed by atoms with E-state index < -0.39 is 28.7 Å². The molecule has 1 amide bonds. The third kappa shape index (κ3) is 6.05. The number of benzene rings is 2. The second-order valence-corrected chi connectivity index (χ2v) is 11.8. The summed E-state index contributed by atoms with van der Waals surface area (Å²) in [5.74, 6) is 0.277. The van der Waals surface area contributed by atoms with Crippen molar-refractivity contribution in [2.24, 2.45) is 0 Å². The van der Waals surface area contributed by atoms with Crippen molar-refractivity contribution in [1.29, 1.82) is 5.26 Å². The first-order valence-electron chi connectivity index (χ1n) is 13.7. The number of hydrogen-bond acceptors (Lipinski definition) is 6. The highest BCUT2D eigenvalue weighted by Gasteiger charge is 2.50. The number of rotatable bonds is 7. The molecule has 2 saturated heterocycles. The van der Waals surface area contributed by atoms with Gasteiger partial charge in [0.15, 0.2) is 5.11 Å². The fourth-order valence-electron chi connectivity index (χ4n) is 5.63. The summed E-state index contributed by atoms with van der Waals surface area (Å²) in [6.07, 6.45) is -4.09. The zero-order valence-corrected chi connectivity index (χ0v) is 25.0. The number of ether oxygens (including phenoxy) is 1. The molecule has 0 aliphatic carbocycles. The molecule has 0 bridgehead atoms. The first kappa shape index (κ1) is 30.8. The van der Waals surface area contributed by atoms with Crippen LogP contribution in [0.25, 0.3) is 0 Å². The molecule has 0 unspecified atom stereocenters. The molecule has 0 aromatic heterocycles. The minimum atomic E-state index is -4.76. The molecule has 1 N–H and O–H groups in total. The molecule has 2 fully saturated rings. The maximum absolute atomic E-state index is 13.6. The van der Waals surface area contributed by atoms with Gasteiger partial charge in [-0.1, -0.05) is 6.92 Å². The zero-order chi connectivity index (χ0) is 30.3. The van der Waals surface area contributed by atoms with E-state index in [9.17, 15) is 18.0 Å². The van der Waals surface area contributed by atoms with Crippen LogP contribution in [-0.4, -0.2) is 59.3 Å². The number of alkyl halides is 3. The van der Waals surface area contributed by atoms with Gasteiger partial charge in [0.2, 0.25) is 0 Å². The van der Waals surface area contributed by atoms with Crippen LogP contribution in [0.1, 0.15) is 58.2 Å². The Morgan fingerprint density at radius 2 is 1.78 bits per heavy atom. The van der Waals surface area contributed by atoms with Gasteiger partial charge in [0.05, 0.1) is 22.9 Å². The van der Waals surface area contributed by atoms with Gasteiger partial charge in [-0.2, -0.15) is 18.4 Å². The number of carbonyl (C=O) groups is 1. The molecule has 0 saturated carbocycles. The van der Waals surface area contributed by atoms with Gasteiger partial charge in [-0.3, -0.25) is 14.6 Å². The lowest BCUT2D eigenvalue weighted by molar-refractivity contribution is -0.137. The number of halogens is 3. The smallest absolute Gasteiger partial charge is 0.417 e. The standard InChI is InChI=1S/C30H36F3N5O2S/c1-7-21-12-24(10-11-26(21)40-17-20(4)36-15-18(2)35-19(3)16-36)38-28(41)37(27(39)29(38,5)6)23-9-8-22(14-34)25(13-23)30(31,32)33/h8-13,18-20,35H,7,15-17H2,1-6H3/t18-,19+,20-/m1/s1. The highest BCUT2D eigenvalue weighted by atomic mass is 32.1. The molecular weight excluding hydrogens is 551 g/mol. The maximum atomic E-state index is 13.6. The number of aryl methyl sites for hydroxylation is 1. The summed E-state index contributed by atoms with van der Waals surface area (Å²) in [6, 6.07) is 11.4. The lowest BCUT2D eigenvalue weighted by atomic mass is 10.0. The van der Waals surface area contributed by atoms with Gasteiger partial charge < -0.3 is 15.0 Å².